The highest BCUT2D eigenvalue weighted by atomic mass is 16.7. The van der Waals surface area contributed by atoms with Crippen molar-refractivity contribution in [1.82, 2.24) is 24.5 Å². The summed E-state index contributed by atoms with van der Waals surface area (Å²) in [5.74, 6) is 4.61. The molecule has 0 bridgehead atoms. The van der Waals surface area contributed by atoms with E-state index in [9.17, 15) is 0 Å². The summed E-state index contributed by atoms with van der Waals surface area (Å²) in [6, 6.07) is 9.95. The van der Waals surface area contributed by atoms with Gasteiger partial charge in [-0.1, -0.05) is 19.4 Å². The summed E-state index contributed by atoms with van der Waals surface area (Å²) >= 11 is 0. The number of hydrogen-bond acceptors (Lipinski definition) is 8. The maximum Gasteiger partial charge on any atom is 0.255 e. The molecule has 1 aromatic carbocycles. The van der Waals surface area contributed by atoms with Crippen LogP contribution in [0.1, 0.15) is 30.2 Å². The molecule has 2 aliphatic heterocycles. The minimum atomic E-state index is 0.307. The number of fused-ring (bicyclic) bond motifs is 2. The lowest BCUT2D eigenvalue weighted by Gasteiger charge is -2.37. The number of nitrogens with zero attached hydrogens (tertiary/aromatic N) is 6. The summed E-state index contributed by atoms with van der Waals surface area (Å²) in [7, 11) is 0. The van der Waals surface area contributed by atoms with E-state index < -0.39 is 0 Å². The Bertz CT molecular complexity index is 1310. The summed E-state index contributed by atoms with van der Waals surface area (Å²) in [5.41, 5.74) is 3.51. The van der Waals surface area contributed by atoms with Gasteiger partial charge in [0, 0.05) is 44.0 Å². The van der Waals surface area contributed by atoms with Gasteiger partial charge in [-0.05, 0) is 43.2 Å². The Labute approximate surface area is 197 Å². The van der Waals surface area contributed by atoms with Gasteiger partial charge in [0.15, 0.2) is 17.3 Å². The second-order valence-electron chi connectivity index (χ2n) is 8.82. The SMILES string of the molecule is CCCc1c(C)nc2nc(-c3ccco3)nn2c1N1CCN(Cc2ccc3c(c2)OCO3)CC1. The van der Waals surface area contributed by atoms with Crippen molar-refractivity contribution in [3.8, 4) is 23.1 Å². The van der Waals surface area contributed by atoms with Gasteiger partial charge in [-0.2, -0.15) is 9.50 Å². The molecule has 176 valence electrons. The van der Waals surface area contributed by atoms with Crippen molar-refractivity contribution in [1.29, 1.82) is 0 Å². The van der Waals surface area contributed by atoms with E-state index in [4.69, 9.17) is 24.0 Å². The summed E-state index contributed by atoms with van der Waals surface area (Å²) in [6.07, 6.45) is 3.64. The zero-order chi connectivity index (χ0) is 23.1. The largest absolute Gasteiger partial charge is 0.461 e. The highest BCUT2D eigenvalue weighted by Gasteiger charge is 2.25. The Kier molecular flexibility index (Phi) is 5.33. The van der Waals surface area contributed by atoms with E-state index in [-0.39, 0.29) is 0 Å². The molecule has 3 aromatic heterocycles. The number of benzene rings is 1. The van der Waals surface area contributed by atoms with Crippen LogP contribution in [0.4, 0.5) is 5.82 Å². The van der Waals surface area contributed by atoms with Crippen molar-refractivity contribution in [2.75, 3.05) is 37.9 Å². The smallest absolute Gasteiger partial charge is 0.255 e. The number of aryl methyl sites for hydroxylation is 1. The third kappa shape index (κ3) is 3.75. The molecule has 9 heteroatoms. The maximum atomic E-state index is 5.54. The normalized spacial score (nSPS) is 16.0. The second-order valence-corrected chi connectivity index (χ2v) is 8.82. The van der Waals surface area contributed by atoms with Crippen LogP contribution in [-0.2, 0) is 13.0 Å². The van der Waals surface area contributed by atoms with Crippen molar-refractivity contribution in [3.63, 3.8) is 0 Å². The zero-order valence-corrected chi connectivity index (χ0v) is 19.5. The lowest BCUT2D eigenvalue weighted by molar-refractivity contribution is 0.174. The predicted molar refractivity (Wildman–Crippen MR) is 127 cm³/mol. The third-order valence-corrected chi connectivity index (χ3v) is 6.52. The quantitative estimate of drug-likeness (QED) is 0.431. The molecule has 9 nitrogen and oxygen atoms in total. The Hall–Kier alpha value is -3.59. The van der Waals surface area contributed by atoms with Gasteiger partial charge in [-0.15, -0.1) is 5.10 Å². The van der Waals surface area contributed by atoms with Gasteiger partial charge in [0.1, 0.15) is 5.82 Å². The van der Waals surface area contributed by atoms with Crippen LogP contribution < -0.4 is 14.4 Å². The number of piperazine rings is 1. The second kappa shape index (κ2) is 8.64. The van der Waals surface area contributed by atoms with Crippen LogP contribution in [0.25, 0.3) is 17.4 Å². The van der Waals surface area contributed by atoms with E-state index in [2.05, 4.69) is 40.8 Å². The molecule has 0 aliphatic carbocycles. The standard InChI is InChI=1S/C25H28N6O3/c1-3-5-19-17(2)26-25-27-23(21-6-4-13-32-21)28-31(25)24(19)30-11-9-29(10-12-30)15-18-7-8-20-22(14-18)34-16-33-20/h4,6-8,13-14H,3,5,9-12,15-16H2,1-2H3. The summed E-state index contributed by atoms with van der Waals surface area (Å²) in [4.78, 5) is 14.3. The van der Waals surface area contributed by atoms with Gasteiger partial charge in [0.2, 0.25) is 12.6 Å². The average Bonchev–Trinajstić information content (AvgIpc) is 3.60. The zero-order valence-electron chi connectivity index (χ0n) is 19.5. The van der Waals surface area contributed by atoms with Crippen LogP contribution in [0, 0.1) is 6.92 Å². The van der Waals surface area contributed by atoms with Crippen LogP contribution in [-0.4, -0.2) is 57.5 Å². The molecule has 1 fully saturated rings. The van der Waals surface area contributed by atoms with Crippen LogP contribution in [0.5, 0.6) is 11.5 Å². The van der Waals surface area contributed by atoms with E-state index in [1.165, 1.54) is 11.1 Å². The lowest BCUT2D eigenvalue weighted by atomic mass is 10.1. The number of hydrogen-bond donors (Lipinski definition) is 0. The molecular formula is C25H28N6O3. The topological polar surface area (TPSA) is 81.2 Å². The molecule has 2 aliphatic rings. The maximum absolute atomic E-state index is 5.54. The van der Waals surface area contributed by atoms with Gasteiger partial charge in [-0.3, -0.25) is 4.90 Å². The molecule has 0 amide bonds. The van der Waals surface area contributed by atoms with Crippen molar-refractivity contribution in [2.45, 2.75) is 33.2 Å². The molecule has 4 aromatic rings. The van der Waals surface area contributed by atoms with Crippen molar-refractivity contribution < 1.29 is 13.9 Å². The van der Waals surface area contributed by atoms with E-state index in [1.54, 1.807) is 6.26 Å². The Balaban J connectivity index is 1.26. The summed E-state index contributed by atoms with van der Waals surface area (Å²) in [6.45, 7) is 9.22. The first kappa shape index (κ1) is 21.0. The number of rotatable bonds is 6. The molecular weight excluding hydrogens is 432 g/mol. The van der Waals surface area contributed by atoms with Crippen LogP contribution in [0.15, 0.2) is 41.0 Å². The van der Waals surface area contributed by atoms with Gasteiger partial charge >= 0.3 is 0 Å². The number of aromatic nitrogens is 4. The molecule has 34 heavy (non-hydrogen) atoms. The number of anilines is 1. The minimum absolute atomic E-state index is 0.307. The summed E-state index contributed by atoms with van der Waals surface area (Å²) in [5, 5.41) is 4.80. The minimum Gasteiger partial charge on any atom is -0.461 e. The van der Waals surface area contributed by atoms with Crippen LogP contribution in [0.3, 0.4) is 0 Å². The average molecular weight is 461 g/mol. The predicted octanol–water partition coefficient (Wildman–Crippen LogP) is 3.70. The van der Waals surface area contributed by atoms with Gasteiger partial charge in [-0.25, -0.2) is 4.98 Å². The molecule has 1 saturated heterocycles. The molecule has 0 spiro atoms. The summed E-state index contributed by atoms with van der Waals surface area (Å²) < 4.78 is 18.4. The van der Waals surface area contributed by atoms with Crippen LogP contribution >= 0.6 is 0 Å². The first-order valence-corrected chi connectivity index (χ1v) is 11.9. The highest BCUT2D eigenvalue weighted by Crippen LogP contribution is 2.33. The first-order chi connectivity index (χ1) is 16.7. The van der Waals surface area contributed by atoms with Gasteiger partial charge in [0.05, 0.1) is 6.26 Å². The Morgan fingerprint density at radius 3 is 2.65 bits per heavy atom. The fourth-order valence-electron chi connectivity index (χ4n) is 4.82. The van der Waals surface area contributed by atoms with Crippen molar-refractivity contribution in [3.05, 3.63) is 53.4 Å². The lowest BCUT2D eigenvalue weighted by Crippen LogP contribution is -2.47. The van der Waals surface area contributed by atoms with Crippen LogP contribution in [0.2, 0.25) is 0 Å². The number of furan rings is 1. The molecule has 0 N–H and O–H groups in total. The third-order valence-electron chi connectivity index (χ3n) is 6.52. The van der Waals surface area contributed by atoms with E-state index in [0.717, 1.165) is 68.6 Å². The molecule has 0 radical (unpaired) electrons. The van der Waals surface area contributed by atoms with E-state index in [1.807, 2.05) is 22.7 Å². The molecule has 0 atom stereocenters. The fraction of sp³-hybridized carbons (Fsp3) is 0.400. The first-order valence-electron chi connectivity index (χ1n) is 11.9. The van der Waals surface area contributed by atoms with Gasteiger partial charge < -0.3 is 18.8 Å². The molecule has 0 unspecified atom stereocenters. The number of ether oxygens (including phenoxy) is 2. The highest BCUT2D eigenvalue weighted by molar-refractivity contribution is 5.58. The van der Waals surface area contributed by atoms with Crippen molar-refractivity contribution >= 4 is 11.6 Å². The van der Waals surface area contributed by atoms with Gasteiger partial charge in [0.25, 0.3) is 5.78 Å². The molecule has 0 saturated carbocycles. The Morgan fingerprint density at radius 1 is 1.00 bits per heavy atom. The fourth-order valence-corrected chi connectivity index (χ4v) is 4.82. The molecule has 5 heterocycles. The molecule has 6 rings (SSSR count). The Morgan fingerprint density at radius 2 is 1.85 bits per heavy atom. The van der Waals surface area contributed by atoms with E-state index >= 15 is 0 Å². The van der Waals surface area contributed by atoms with E-state index in [0.29, 0.717) is 24.2 Å². The monoisotopic (exact) mass is 460 g/mol. The van der Waals surface area contributed by atoms with Crippen molar-refractivity contribution in [2.24, 2.45) is 0 Å².